The lowest BCUT2D eigenvalue weighted by Gasteiger charge is -2.09. The fourth-order valence-electron chi connectivity index (χ4n) is 1.36. The number of benzene rings is 1. The molecule has 0 aliphatic heterocycles. The van der Waals surface area contributed by atoms with Crippen LogP contribution in [0.4, 0.5) is 4.39 Å². The molecule has 0 saturated heterocycles. The Balaban J connectivity index is 2.39. The monoisotopic (exact) mass is 256 g/mol. The third-order valence-electron chi connectivity index (χ3n) is 2.23. The predicted molar refractivity (Wildman–Crippen MR) is 64.9 cm³/mol. The molecule has 0 saturated carbocycles. The van der Waals surface area contributed by atoms with Crippen LogP contribution in [0.2, 0.25) is 0 Å². The van der Waals surface area contributed by atoms with Crippen molar-refractivity contribution >= 4 is 5.91 Å². The van der Waals surface area contributed by atoms with Gasteiger partial charge in [-0.1, -0.05) is 0 Å². The van der Waals surface area contributed by atoms with Gasteiger partial charge in [0, 0.05) is 19.6 Å². The van der Waals surface area contributed by atoms with E-state index in [1.165, 1.54) is 0 Å². The van der Waals surface area contributed by atoms with Gasteiger partial charge in [0.1, 0.15) is 11.6 Å². The standard InChI is InChI=1S/C12H17FN2O3/c1-8(16)7-14-4-5-15-12(18)10-6-9(13)2-3-11(10)17/h2-3,6,8,14,16-17H,4-5,7H2,1H3,(H,15,18). The van der Waals surface area contributed by atoms with E-state index in [0.717, 1.165) is 18.2 Å². The van der Waals surface area contributed by atoms with Crippen molar-refractivity contribution in [3.05, 3.63) is 29.6 Å². The Morgan fingerprint density at radius 1 is 1.44 bits per heavy atom. The highest BCUT2D eigenvalue weighted by Gasteiger charge is 2.11. The number of carbonyl (C=O) groups excluding carboxylic acids is 1. The Labute approximate surface area is 105 Å². The molecule has 1 atom stereocenters. The summed E-state index contributed by atoms with van der Waals surface area (Å²) < 4.78 is 12.9. The lowest BCUT2D eigenvalue weighted by Crippen LogP contribution is -2.34. The van der Waals surface area contributed by atoms with Crippen LogP contribution in [-0.2, 0) is 0 Å². The molecule has 0 bridgehead atoms. The van der Waals surface area contributed by atoms with Crippen LogP contribution in [-0.4, -0.2) is 41.9 Å². The molecule has 1 amide bonds. The number of aliphatic hydroxyl groups is 1. The van der Waals surface area contributed by atoms with Crippen molar-refractivity contribution in [3.8, 4) is 5.75 Å². The van der Waals surface area contributed by atoms with Crippen LogP contribution in [0.1, 0.15) is 17.3 Å². The Hall–Kier alpha value is -1.66. The van der Waals surface area contributed by atoms with E-state index in [0.29, 0.717) is 19.6 Å². The fraction of sp³-hybridized carbons (Fsp3) is 0.417. The molecular weight excluding hydrogens is 239 g/mol. The van der Waals surface area contributed by atoms with Crippen LogP contribution in [0.15, 0.2) is 18.2 Å². The normalized spacial score (nSPS) is 12.2. The van der Waals surface area contributed by atoms with Crippen molar-refractivity contribution in [1.29, 1.82) is 0 Å². The van der Waals surface area contributed by atoms with Crippen LogP contribution in [0.5, 0.6) is 5.75 Å². The minimum Gasteiger partial charge on any atom is -0.507 e. The van der Waals surface area contributed by atoms with Crippen molar-refractivity contribution in [1.82, 2.24) is 10.6 Å². The summed E-state index contributed by atoms with van der Waals surface area (Å²) in [7, 11) is 0. The molecule has 4 N–H and O–H groups in total. The molecular formula is C12H17FN2O3. The number of hydrogen-bond acceptors (Lipinski definition) is 4. The predicted octanol–water partition coefficient (Wildman–Crippen LogP) is 0.231. The lowest BCUT2D eigenvalue weighted by atomic mass is 10.2. The fourth-order valence-corrected chi connectivity index (χ4v) is 1.36. The van der Waals surface area contributed by atoms with Crippen LogP contribution in [0.3, 0.4) is 0 Å². The van der Waals surface area contributed by atoms with E-state index in [2.05, 4.69) is 10.6 Å². The maximum atomic E-state index is 12.9. The highest BCUT2D eigenvalue weighted by molar-refractivity contribution is 5.96. The molecule has 0 aromatic heterocycles. The van der Waals surface area contributed by atoms with E-state index >= 15 is 0 Å². The molecule has 0 heterocycles. The zero-order valence-corrected chi connectivity index (χ0v) is 10.1. The number of rotatable bonds is 6. The van der Waals surface area contributed by atoms with Gasteiger partial charge in [-0.3, -0.25) is 4.79 Å². The number of aliphatic hydroxyl groups excluding tert-OH is 1. The lowest BCUT2D eigenvalue weighted by molar-refractivity contribution is 0.0950. The summed E-state index contributed by atoms with van der Waals surface area (Å²) in [6.07, 6.45) is -0.451. The summed E-state index contributed by atoms with van der Waals surface area (Å²) in [4.78, 5) is 11.6. The molecule has 1 aromatic carbocycles. The minimum absolute atomic E-state index is 0.0921. The maximum Gasteiger partial charge on any atom is 0.255 e. The molecule has 6 heteroatoms. The second-order valence-electron chi connectivity index (χ2n) is 3.97. The highest BCUT2D eigenvalue weighted by atomic mass is 19.1. The van der Waals surface area contributed by atoms with Crippen LogP contribution in [0, 0.1) is 5.82 Å². The number of phenols is 1. The molecule has 1 unspecified atom stereocenters. The third-order valence-corrected chi connectivity index (χ3v) is 2.23. The van der Waals surface area contributed by atoms with E-state index < -0.39 is 17.8 Å². The quantitative estimate of drug-likeness (QED) is 0.549. The number of hydrogen-bond donors (Lipinski definition) is 4. The second kappa shape index (κ2) is 6.93. The van der Waals surface area contributed by atoms with Crippen LogP contribution >= 0.6 is 0 Å². The number of phenolic OH excluding ortho intramolecular Hbond substituents is 1. The molecule has 18 heavy (non-hydrogen) atoms. The van der Waals surface area contributed by atoms with E-state index in [1.54, 1.807) is 6.92 Å². The number of nitrogens with one attached hydrogen (secondary N) is 2. The summed E-state index contributed by atoms with van der Waals surface area (Å²) in [5.74, 6) is -1.37. The summed E-state index contributed by atoms with van der Waals surface area (Å²) in [5, 5.41) is 23.8. The minimum atomic E-state index is -0.579. The highest BCUT2D eigenvalue weighted by Crippen LogP contribution is 2.17. The van der Waals surface area contributed by atoms with E-state index in [1.807, 2.05) is 0 Å². The Morgan fingerprint density at radius 2 is 2.17 bits per heavy atom. The van der Waals surface area contributed by atoms with Crippen molar-refractivity contribution in [2.45, 2.75) is 13.0 Å². The molecule has 100 valence electrons. The summed E-state index contributed by atoms with van der Waals surface area (Å²) in [5.41, 5.74) is -0.0921. The average molecular weight is 256 g/mol. The molecule has 0 fully saturated rings. The average Bonchev–Trinajstić information content (AvgIpc) is 2.31. The van der Waals surface area contributed by atoms with Gasteiger partial charge in [-0.25, -0.2) is 4.39 Å². The number of carbonyl (C=O) groups is 1. The van der Waals surface area contributed by atoms with Gasteiger partial charge in [-0.2, -0.15) is 0 Å². The van der Waals surface area contributed by atoms with E-state index in [-0.39, 0.29) is 11.3 Å². The molecule has 1 rings (SSSR count). The third kappa shape index (κ3) is 4.68. The maximum absolute atomic E-state index is 12.9. The molecule has 0 radical (unpaired) electrons. The van der Waals surface area contributed by atoms with Gasteiger partial charge < -0.3 is 20.8 Å². The van der Waals surface area contributed by atoms with Crippen molar-refractivity contribution in [2.75, 3.05) is 19.6 Å². The largest absolute Gasteiger partial charge is 0.507 e. The topological polar surface area (TPSA) is 81.6 Å². The molecule has 5 nitrogen and oxygen atoms in total. The molecule has 0 aliphatic carbocycles. The van der Waals surface area contributed by atoms with E-state index in [4.69, 9.17) is 5.11 Å². The molecule has 1 aromatic rings. The van der Waals surface area contributed by atoms with Crippen molar-refractivity contribution < 1.29 is 19.4 Å². The Morgan fingerprint density at radius 3 is 2.83 bits per heavy atom. The van der Waals surface area contributed by atoms with Gasteiger partial charge in [0.05, 0.1) is 11.7 Å². The first-order valence-corrected chi connectivity index (χ1v) is 5.66. The van der Waals surface area contributed by atoms with E-state index in [9.17, 15) is 14.3 Å². The Bertz CT molecular complexity index is 410. The second-order valence-corrected chi connectivity index (χ2v) is 3.97. The molecule has 0 spiro atoms. The van der Waals surface area contributed by atoms with Crippen LogP contribution in [0.25, 0.3) is 0 Å². The van der Waals surface area contributed by atoms with Crippen molar-refractivity contribution in [2.24, 2.45) is 0 Å². The first-order chi connectivity index (χ1) is 8.50. The van der Waals surface area contributed by atoms with Crippen LogP contribution < -0.4 is 10.6 Å². The van der Waals surface area contributed by atoms with Gasteiger partial charge >= 0.3 is 0 Å². The molecule has 0 aliphatic rings. The van der Waals surface area contributed by atoms with Gasteiger partial charge in [0.25, 0.3) is 5.91 Å². The number of halogens is 1. The Kier molecular flexibility index (Phi) is 5.54. The zero-order chi connectivity index (χ0) is 13.5. The first kappa shape index (κ1) is 14.4. The smallest absolute Gasteiger partial charge is 0.255 e. The van der Waals surface area contributed by atoms with Crippen molar-refractivity contribution in [3.63, 3.8) is 0 Å². The summed E-state index contributed by atoms with van der Waals surface area (Å²) >= 11 is 0. The van der Waals surface area contributed by atoms with Gasteiger partial charge in [-0.15, -0.1) is 0 Å². The van der Waals surface area contributed by atoms with Gasteiger partial charge in [0.2, 0.25) is 0 Å². The number of amides is 1. The summed E-state index contributed by atoms with van der Waals surface area (Å²) in [6, 6.07) is 3.19. The summed E-state index contributed by atoms with van der Waals surface area (Å²) in [6.45, 7) is 2.88. The first-order valence-electron chi connectivity index (χ1n) is 5.66. The van der Waals surface area contributed by atoms with Gasteiger partial charge in [-0.05, 0) is 25.1 Å². The van der Waals surface area contributed by atoms with Gasteiger partial charge in [0.15, 0.2) is 0 Å². The SMILES string of the molecule is CC(O)CNCCNC(=O)c1cc(F)ccc1O. The number of aromatic hydroxyl groups is 1. The zero-order valence-electron chi connectivity index (χ0n) is 10.1.